The molecule has 2 rings (SSSR count). The molecule has 0 aliphatic rings. The third-order valence-electron chi connectivity index (χ3n) is 3.01. The second kappa shape index (κ2) is 5.41. The van der Waals surface area contributed by atoms with Gasteiger partial charge in [-0.1, -0.05) is 17.7 Å². The summed E-state index contributed by atoms with van der Waals surface area (Å²) in [6.07, 6.45) is 0. The molecule has 2 aromatic carbocycles. The lowest BCUT2D eigenvalue weighted by Gasteiger charge is -2.15. The van der Waals surface area contributed by atoms with Crippen molar-refractivity contribution in [1.82, 2.24) is 0 Å². The van der Waals surface area contributed by atoms with Crippen molar-refractivity contribution in [2.24, 2.45) is 0 Å². The zero-order valence-electron chi connectivity index (χ0n) is 11.3. The molecule has 0 unspecified atom stereocenters. The normalized spacial score (nSPS) is 10.3. The van der Waals surface area contributed by atoms with Crippen molar-refractivity contribution in [1.29, 1.82) is 0 Å². The third kappa shape index (κ3) is 2.93. The number of halogens is 1. The van der Waals surface area contributed by atoms with E-state index in [0.717, 1.165) is 28.2 Å². The minimum absolute atomic E-state index is 0.687. The summed E-state index contributed by atoms with van der Waals surface area (Å²) in [7, 11) is 1.62. The lowest BCUT2D eigenvalue weighted by atomic mass is 10.1. The monoisotopic (exact) mass is 276 g/mol. The quantitative estimate of drug-likeness (QED) is 0.822. The summed E-state index contributed by atoms with van der Waals surface area (Å²) in [6.45, 7) is 3.98. The van der Waals surface area contributed by atoms with E-state index < -0.39 is 0 Å². The van der Waals surface area contributed by atoms with Gasteiger partial charge in [-0.3, -0.25) is 0 Å². The largest absolute Gasteiger partial charge is 0.495 e. The van der Waals surface area contributed by atoms with Gasteiger partial charge >= 0.3 is 0 Å². The third-order valence-corrected chi connectivity index (χ3v) is 3.42. The van der Waals surface area contributed by atoms with Crippen LogP contribution < -0.4 is 15.8 Å². The summed E-state index contributed by atoms with van der Waals surface area (Å²) in [5.74, 6) is 0.706. The molecule has 0 aliphatic carbocycles. The molecular formula is C15H17ClN2O. The van der Waals surface area contributed by atoms with Gasteiger partial charge in [0.05, 0.1) is 12.8 Å². The Morgan fingerprint density at radius 3 is 2.47 bits per heavy atom. The number of hydrogen-bond acceptors (Lipinski definition) is 3. The minimum Gasteiger partial charge on any atom is -0.495 e. The van der Waals surface area contributed by atoms with Gasteiger partial charge in [0.25, 0.3) is 0 Å². The number of aryl methyl sites for hydroxylation is 2. The zero-order valence-corrected chi connectivity index (χ0v) is 12.0. The van der Waals surface area contributed by atoms with Crippen LogP contribution in [0, 0.1) is 13.8 Å². The van der Waals surface area contributed by atoms with E-state index in [1.165, 1.54) is 0 Å². The zero-order chi connectivity index (χ0) is 14.0. The highest BCUT2D eigenvalue weighted by molar-refractivity contribution is 6.31. The highest BCUT2D eigenvalue weighted by Gasteiger charge is 2.08. The molecule has 0 fully saturated rings. The van der Waals surface area contributed by atoms with Crippen molar-refractivity contribution in [3.05, 3.63) is 46.5 Å². The van der Waals surface area contributed by atoms with Gasteiger partial charge in [-0.2, -0.15) is 0 Å². The molecule has 0 aliphatic heterocycles. The van der Waals surface area contributed by atoms with E-state index in [1.54, 1.807) is 13.2 Å². The first-order valence-corrected chi connectivity index (χ1v) is 6.36. The standard InChI is InChI=1S/C15H17ClN2O/c1-9-4-5-11(17)7-13(9)18-14-6-10(2)12(16)8-15(14)19-3/h4-8,18H,17H2,1-3H3. The van der Waals surface area contributed by atoms with E-state index in [4.69, 9.17) is 22.1 Å². The van der Waals surface area contributed by atoms with E-state index >= 15 is 0 Å². The molecule has 0 heterocycles. The smallest absolute Gasteiger partial charge is 0.143 e. The van der Waals surface area contributed by atoms with Gasteiger partial charge in [0, 0.05) is 22.5 Å². The predicted molar refractivity (Wildman–Crippen MR) is 81.6 cm³/mol. The van der Waals surface area contributed by atoms with Gasteiger partial charge < -0.3 is 15.8 Å². The average Bonchev–Trinajstić information content (AvgIpc) is 2.38. The van der Waals surface area contributed by atoms with Crippen molar-refractivity contribution in [2.45, 2.75) is 13.8 Å². The fourth-order valence-electron chi connectivity index (χ4n) is 1.85. The second-order valence-electron chi connectivity index (χ2n) is 4.50. The highest BCUT2D eigenvalue weighted by atomic mass is 35.5. The van der Waals surface area contributed by atoms with E-state index in [1.807, 2.05) is 38.1 Å². The van der Waals surface area contributed by atoms with Crippen LogP contribution in [0.5, 0.6) is 5.75 Å². The van der Waals surface area contributed by atoms with Gasteiger partial charge in [0.1, 0.15) is 5.75 Å². The molecular weight excluding hydrogens is 260 g/mol. The summed E-state index contributed by atoms with van der Waals surface area (Å²) < 4.78 is 5.35. The molecule has 4 heteroatoms. The number of hydrogen-bond donors (Lipinski definition) is 2. The van der Waals surface area contributed by atoms with Crippen molar-refractivity contribution in [3.63, 3.8) is 0 Å². The molecule has 0 spiro atoms. The van der Waals surface area contributed by atoms with Crippen LogP contribution in [0.3, 0.4) is 0 Å². The number of nitrogens with one attached hydrogen (secondary N) is 1. The van der Waals surface area contributed by atoms with Gasteiger partial charge in [-0.05, 0) is 43.2 Å². The van der Waals surface area contributed by atoms with Crippen molar-refractivity contribution in [3.8, 4) is 5.75 Å². The Labute approximate surface area is 118 Å². The van der Waals surface area contributed by atoms with Gasteiger partial charge in [0.2, 0.25) is 0 Å². The maximum Gasteiger partial charge on any atom is 0.143 e. The molecule has 0 saturated carbocycles. The Bertz CT molecular complexity index is 611. The van der Waals surface area contributed by atoms with E-state index in [9.17, 15) is 0 Å². The predicted octanol–water partition coefficient (Wildman–Crippen LogP) is 4.29. The van der Waals surface area contributed by atoms with Crippen LogP contribution in [0.4, 0.5) is 17.1 Å². The van der Waals surface area contributed by atoms with E-state index in [-0.39, 0.29) is 0 Å². The van der Waals surface area contributed by atoms with Gasteiger partial charge in [-0.15, -0.1) is 0 Å². The summed E-state index contributed by atoms with van der Waals surface area (Å²) in [4.78, 5) is 0. The first-order valence-electron chi connectivity index (χ1n) is 5.98. The van der Waals surface area contributed by atoms with E-state index in [2.05, 4.69) is 5.32 Å². The number of nitrogen functional groups attached to an aromatic ring is 1. The van der Waals surface area contributed by atoms with Crippen molar-refractivity contribution in [2.75, 3.05) is 18.2 Å². The number of benzene rings is 2. The van der Waals surface area contributed by atoms with Gasteiger partial charge in [0.15, 0.2) is 0 Å². The van der Waals surface area contributed by atoms with Crippen LogP contribution in [0.1, 0.15) is 11.1 Å². The van der Waals surface area contributed by atoms with Gasteiger partial charge in [-0.25, -0.2) is 0 Å². The number of rotatable bonds is 3. The second-order valence-corrected chi connectivity index (χ2v) is 4.91. The first kappa shape index (κ1) is 13.6. The molecule has 0 aromatic heterocycles. The van der Waals surface area contributed by atoms with Crippen LogP contribution in [0.25, 0.3) is 0 Å². The topological polar surface area (TPSA) is 47.3 Å². The number of nitrogens with two attached hydrogens (primary N) is 1. The Kier molecular flexibility index (Phi) is 3.86. The minimum atomic E-state index is 0.687. The number of anilines is 3. The first-order chi connectivity index (χ1) is 9.01. The average molecular weight is 277 g/mol. The Balaban J connectivity index is 2.42. The fourth-order valence-corrected chi connectivity index (χ4v) is 2.00. The Hall–Kier alpha value is -1.87. The Morgan fingerprint density at radius 2 is 1.79 bits per heavy atom. The molecule has 100 valence electrons. The molecule has 2 aromatic rings. The van der Waals surface area contributed by atoms with Crippen LogP contribution >= 0.6 is 11.6 Å². The molecule has 3 nitrogen and oxygen atoms in total. The van der Waals surface area contributed by atoms with E-state index in [0.29, 0.717) is 10.8 Å². The molecule has 0 bridgehead atoms. The number of ether oxygens (including phenoxy) is 1. The molecule has 0 radical (unpaired) electrons. The van der Waals surface area contributed by atoms with Crippen LogP contribution in [-0.4, -0.2) is 7.11 Å². The molecule has 0 atom stereocenters. The molecule has 0 amide bonds. The highest BCUT2D eigenvalue weighted by Crippen LogP contribution is 2.34. The van der Waals surface area contributed by atoms with Crippen LogP contribution in [0.2, 0.25) is 5.02 Å². The van der Waals surface area contributed by atoms with Crippen molar-refractivity contribution >= 4 is 28.7 Å². The summed E-state index contributed by atoms with van der Waals surface area (Å²) >= 11 is 6.10. The fraction of sp³-hybridized carbons (Fsp3) is 0.200. The molecule has 19 heavy (non-hydrogen) atoms. The maximum absolute atomic E-state index is 6.10. The van der Waals surface area contributed by atoms with Crippen LogP contribution in [0.15, 0.2) is 30.3 Å². The number of methoxy groups -OCH3 is 1. The summed E-state index contributed by atoms with van der Waals surface area (Å²) in [5.41, 5.74) is 10.5. The van der Waals surface area contributed by atoms with Crippen LogP contribution in [-0.2, 0) is 0 Å². The summed E-state index contributed by atoms with van der Waals surface area (Å²) in [5, 5.41) is 4.02. The lowest BCUT2D eigenvalue weighted by molar-refractivity contribution is 0.417. The van der Waals surface area contributed by atoms with Crippen molar-refractivity contribution < 1.29 is 4.74 Å². The molecule has 3 N–H and O–H groups in total. The summed E-state index contributed by atoms with van der Waals surface area (Å²) in [6, 6.07) is 9.53. The Morgan fingerprint density at radius 1 is 1.05 bits per heavy atom. The molecule has 0 saturated heterocycles. The maximum atomic E-state index is 6.10. The SMILES string of the molecule is COc1cc(Cl)c(C)cc1Nc1cc(N)ccc1C. The lowest BCUT2D eigenvalue weighted by Crippen LogP contribution is -1.98.